The van der Waals surface area contributed by atoms with Crippen molar-refractivity contribution in [2.75, 3.05) is 6.54 Å². The van der Waals surface area contributed by atoms with Gasteiger partial charge >= 0.3 is 0 Å². The highest BCUT2D eigenvalue weighted by atomic mass is 35.5. The number of hydrogen-bond acceptors (Lipinski definition) is 2. The normalized spacial score (nSPS) is 10.9. The second-order valence-corrected chi connectivity index (χ2v) is 7.73. The van der Waals surface area contributed by atoms with E-state index >= 15 is 0 Å². The van der Waals surface area contributed by atoms with Crippen LogP contribution in [0.5, 0.6) is 0 Å². The van der Waals surface area contributed by atoms with Crippen LogP contribution in [-0.2, 0) is 0 Å². The van der Waals surface area contributed by atoms with E-state index in [4.69, 9.17) is 23.2 Å². The maximum Gasteiger partial charge on any atom is 0.261 e. The van der Waals surface area contributed by atoms with Gasteiger partial charge in [0.25, 0.3) is 5.91 Å². The zero-order chi connectivity index (χ0) is 16.2. The van der Waals surface area contributed by atoms with Gasteiger partial charge < -0.3 is 5.32 Å². The molecule has 0 atom stereocenters. The molecule has 0 aliphatic carbocycles. The van der Waals surface area contributed by atoms with E-state index in [-0.39, 0.29) is 5.91 Å². The van der Waals surface area contributed by atoms with Crippen molar-refractivity contribution in [3.05, 3.63) is 20.3 Å². The molecule has 0 aliphatic rings. The minimum Gasteiger partial charge on any atom is -0.351 e. The lowest BCUT2D eigenvalue weighted by molar-refractivity contribution is 0.0957. The van der Waals surface area contributed by atoms with Gasteiger partial charge in [-0.15, -0.1) is 11.3 Å². The first-order valence-corrected chi connectivity index (χ1v) is 9.95. The number of thiophene rings is 1. The van der Waals surface area contributed by atoms with Crippen molar-refractivity contribution in [2.45, 2.75) is 71.1 Å². The highest BCUT2D eigenvalue weighted by Crippen LogP contribution is 2.31. The van der Waals surface area contributed by atoms with Crippen LogP contribution >= 0.6 is 34.5 Å². The molecule has 0 aromatic carbocycles. The van der Waals surface area contributed by atoms with E-state index in [9.17, 15) is 4.79 Å². The Morgan fingerprint density at radius 3 is 2.05 bits per heavy atom. The van der Waals surface area contributed by atoms with Crippen molar-refractivity contribution in [1.29, 1.82) is 0 Å². The van der Waals surface area contributed by atoms with Gasteiger partial charge in [0.15, 0.2) is 0 Å². The minimum atomic E-state index is -0.0743. The zero-order valence-corrected chi connectivity index (χ0v) is 15.8. The third-order valence-electron chi connectivity index (χ3n) is 3.68. The molecule has 0 saturated carbocycles. The van der Waals surface area contributed by atoms with Gasteiger partial charge in [0.2, 0.25) is 0 Å². The van der Waals surface area contributed by atoms with Crippen LogP contribution in [0.3, 0.4) is 0 Å². The lowest BCUT2D eigenvalue weighted by Crippen LogP contribution is -2.23. The van der Waals surface area contributed by atoms with Crippen molar-refractivity contribution in [2.24, 2.45) is 0 Å². The molecule has 0 aliphatic heterocycles. The maximum atomic E-state index is 11.9. The van der Waals surface area contributed by atoms with Gasteiger partial charge in [-0.1, -0.05) is 87.9 Å². The predicted molar refractivity (Wildman–Crippen MR) is 98.5 cm³/mol. The lowest BCUT2D eigenvalue weighted by atomic mass is 10.1. The Balaban J connectivity index is 1.94. The van der Waals surface area contributed by atoms with Gasteiger partial charge in [-0.05, 0) is 12.5 Å². The van der Waals surface area contributed by atoms with Crippen LogP contribution in [0.15, 0.2) is 6.07 Å². The summed E-state index contributed by atoms with van der Waals surface area (Å²) in [5.41, 5.74) is 0. The smallest absolute Gasteiger partial charge is 0.261 e. The summed E-state index contributed by atoms with van der Waals surface area (Å²) in [4.78, 5) is 12.4. The predicted octanol–water partition coefficient (Wildman–Crippen LogP) is 6.71. The number of halogens is 2. The molecule has 0 fully saturated rings. The number of amides is 1. The number of unbranched alkanes of at least 4 members (excludes halogenated alkanes) is 9. The molecule has 0 spiro atoms. The molecule has 1 rings (SSSR count). The van der Waals surface area contributed by atoms with Gasteiger partial charge in [0, 0.05) is 6.54 Å². The molecule has 126 valence electrons. The molecular formula is C17H27Cl2NOS. The molecular weight excluding hydrogens is 337 g/mol. The lowest BCUT2D eigenvalue weighted by Gasteiger charge is -2.04. The third kappa shape index (κ3) is 8.40. The van der Waals surface area contributed by atoms with Crippen LogP contribution in [0.1, 0.15) is 80.8 Å². The monoisotopic (exact) mass is 363 g/mol. The largest absolute Gasteiger partial charge is 0.351 e. The topological polar surface area (TPSA) is 29.1 Å². The van der Waals surface area contributed by atoms with Crippen LogP contribution in [0.25, 0.3) is 0 Å². The third-order valence-corrected chi connectivity index (χ3v) is 5.55. The summed E-state index contributed by atoms with van der Waals surface area (Å²) in [6, 6.07) is 1.63. The summed E-state index contributed by atoms with van der Waals surface area (Å²) in [5, 5.41) is 3.37. The minimum absolute atomic E-state index is 0.0743. The summed E-state index contributed by atoms with van der Waals surface area (Å²) in [5.74, 6) is -0.0743. The average molecular weight is 364 g/mol. The molecule has 1 heterocycles. The molecule has 0 unspecified atom stereocenters. The zero-order valence-electron chi connectivity index (χ0n) is 13.4. The maximum absolute atomic E-state index is 11.9. The summed E-state index contributed by atoms with van der Waals surface area (Å²) < 4.78 is 0.478. The standard InChI is InChI=1S/C17H27Cl2NOS/c1-2-3-4-5-6-7-8-9-10-11-12-20-17(21)15-13-14(18)16(19)22-15/h13H,2-12H2,1H3,(H,20,21). The Morgan fingerprint density at radius 1 is 1.00 bits per heavy atom. The molecule has 5 heteroatoms. The second kappa shape index (κ2) is 12.2. The van der Waals surface area contributed by atoms with E-state index in [1.165, 1.54) is 69.1 Å². The van der Waals surface area contributed by atoms with Crippen molar-refractivity contribution in [3.63, 3.8) is 0 Å². The van der Waals surface area contributed by atoms with E-state index in [0.717, 1.165) is 13.0 Å². The quantitative estimate of drug-likeness (QED) is 0.411. The van der Waals surface area contributed by atoms with Gasteiger partial charge in [-0.2, -0.15) is 0 Å². The van der Waals surface area contributed by atoms with Gasteiger partial charge in [0.05, 0.1) is 9.90 Å². The second-order valence-electron chi connectivity index (χ2n) is 5.67. The Hall–Kier alpha value is -0.250. The number of rotatable bonds is 12. The first kappa shape index (κ1) is 19.8. The molecule has 1 aromatic rings. The Bertz CT molecular complexity index is 415. The first-order valence-electron chi connectivity index (χ1n) is 8.38. The van der Waals surface area contributed by atoms with E-state index < -0.39 is 0 Å². The number of carbonyl (C=O) groups is 1. The molecule has 2 nitrogen and oxygen atoms in total. The fraction of sp³-hybridized carbons (Fsp3) is 0.706. The first-order chi connectivity index (χ1) is 10.6. The van der Waals surface area contributed by atoms with Crippen molar-refractivity contribution >= 4 is 40.4 Å². The van der Waals surface area contributed by atoms with Gasteiger partial charge in [-0.25, -0.2) is 0 Å². The molecule has 1 aromatic heterocycles. The van der Waals surface area contributed by atoms with Crippen molar-refractivity contribution in [3.8, 4) is 0 Å². The molecule has 0 radical (unpaired) electrons. The highest BCUT2D eigenvalue weighted by molar-refractivity contribution is 7.18. The number of nitrogens with one attached hydrogen (secondary N) is 1. The van der Waals surface area contributed by atoms with Crippen molar-refractivity contribution < 1.29 is 4.79 Å². The summed E-state index contributed by atoms with van der Waals surface area (Å²) in [6.45, 7) is 2.98. The van der Waals surface area contributed by atoms with Crippen molar-refractivity contribution in [1.82, 2.24) is 5.32 Å². The SMILES string of the molecule is CCCCCCCCCCCCNC(=O)c1cc(Cl)c(Cl)s1. The molecule has 1 amide bonds. The summed E-state index contributed by atoms with van der Waals surface area (Å²) in [7, 11) is 0. The van der Waals surface area contributed by atoms with E-state index in [2.05, 4.69) is 12.2 Å². The Morgan fingerprint density at radius 2 is 1.55 bits per heavy atom. The van der Waals surface area contributed by atoms with E-state index in [1.54, 1.807) is 6.07 Å². The van der Waals surface area contributed by atoms with Crippen LogP contribution < -0.4 is 5.32 Å². The Labute approximate surface area is 148 Å². The number of hydrogen-bond donors (Lipinski definition) is 1. The molecule has 0 saturated heterocycles. The van der Waals surface area contributed by atoms with E-state index in [0.29, 0.717) is 14.2 Å². The highest BCUT2D eigenvalue weighted by Gasteiger charge is 2.11. The van der Waals surface area contributed by atoms with Crippen LogP contribution in [-0.4, -0.2) is 12.5 Å². The van der Waals surface area contributed by atoms with E-state index in [1.807, 2.05) is 0 Å². The molecule has 1 N–H and O–H groups in total. The van der Waals surface area contributed by atoms with Crippen LogP contribution in [0.4, 0.5) is 0 Å². The fourth-order valence-corrected chi connectivity index (χ4v) is 3.64. The fourth-order valence-electron chi connectivity index (χ4n) is 2.36. The van der Waals surface area contributed by atoms with Gasteiger partial charge in [0.1, 0.15) is 4.34 Å². The Kier molecular flexibility index (Phi) is 11.0. The van der Waals surface area contributed by atoms with Gasteiger partial charge in [-0.3, -0.25) is 4.79 Å². The summed E-state index contributed by atoms with van der Waals surface area (Å²) in [6.07, 6.45) is 13.0. The average Bonchev–Trinajstić information content (AvgIpc) is 2.84. The number of carbonyl (C=O) groups excluding carboxylic acids is 1. The molecule has 0 bridgehead atoms. The molecule has 22 heavy (non-hydrogen) atoms. The summed E-state index contributed by atoms with van der Waals surface area (Å²) >= 11 is 12.9. The van der Waals surface area contributed by atoms with Crippen LogP contribution in [0, 0.1) is 0 Å². The van der Waals surface area contributed by atoms with Crippen LogP contribution in [0.2, 0.25) is 9.36 Å².